The number of hydrogen-bond acceptors (Lipinski definition) is 3. The Morgan fingerprint density at radius 2 is 2.44 bits per heavy atom. The quantitative estimate of drug-likeness (QED) is 0.644. The SMILES string of the molecule is Cn1ccc(/C=C/C(=O)c2cc(Br)cs2)n1. The maximum absolute atomic E-state index is 11.7. The lowest BCUT2D eigenvalue weighted by Crippen LogP contribution is -1.90. The Labute approximate surface area is 106 Å². The number of halogens is 1. The molecule has 2 aromatic heterocycles. The van der Waals surface area contributed by atoms with Crippen molar-refractivity contribution in [3.63, 3.8) is 0 Å². The molecule has 2 aromatic rings. The summed E-state index contributed by atoms with van der Waals surface area (Å²) in [5.41, 5.74) is 0.784. The van der Waals surface area contributed by atoms with Gasteiger partial charge in [0, 0.05) is 23.1 Å². The summed E-state index contributed by atoms with van der Waals surface area (Å²) >= 11 is 4.74. The van der Waals surface area contributed by atoms with Crippen LogP contribution in [0.25, 0.3) is 6.08 Å². The van der Waals surface area contributed by atoms with Crippen LogP contribution in [-0.2, 0) is 7.05 Å². The van der Waals surface area contributed by atoms with Gasteiger partial charge in [-0.2, -0.15) is 5.10 Å². The highest BCUT2D eigenvalue weighted by Gasteiger charge is 2.04. The standard InChI is InChI=1S/C11H9BrN2OS/c1-14-5-4-9(13-14)2-3-10(15)11-6-8(12)7-16-11/h2-7H,1H3/b3-2+. The van der Waals surface area contributed by atoms with Gasteiger partial charge in [-0.3, -0.25) is 9.48 Å². The third-order valence-electron chi connectivity index (χ3n) is 1.95. The molecule has 0 saturated carbocycles. The Morgan fingerprint density at radius 3 is 3.00 bits per heavy atom. The normalized spacial score (nSPS) is 11.1. The molecular formula is C11H9BrN2OS. The molecule has 0 aliphatic carbocycles. The molecule has 16 heavy (non-hydrogen) atoms. The van der Waals surface area contributed by atoms with Gasteiger partial charge < -0.3 is 0 Å². The summed E-state index contributed by atoms with van der Waals surface area (Å²) in [7, 11) is 1.84. The first-order valence-corrected chi connectivity index (χ1v) is 6.28. The van der Waals surface area contributed by atoms with Gasteiger partial charge in [-0.25, -0.2) is 0 Å². The zero-order chi connectivity index (χ0) is 11.5. The fourth-order valence-corrected chi connectivity index (χ4v) is 2.55. The first kappa shape index (κ1) is 11.3. The fraction of sp³-hybridized carbons (Fsp3) is 0.0909. The Balaban J connectivity index is 2.10. The molecule has 82 valence electrons. The number of nitrogens with zero attached hydrogens (tertiary/aromatic N) is 2. The van der Waals surface area contributed by atoms with E-state index in [1.165, 1.54) is 11.3 Å². The van der Waals surface area contributed by atoms with E-state index < -0.39 is 0 Å². The summed E-state index contributed by atoms with van der Waals surface area (Å²) in [5.74, 6) is 0.00125. The number of aryl methyl sites for hydroxylation is 1. The Bertz CT molecular complexity index is 542. The van der Waals surface area contributed by atoms with Gasteiger partial charge in [0.2, 0.25) is 0 Å². The number of carbonyl (C=O) groups is 1. The van der Waals surface area contributed by atoms with Gasteiger partial charge in [-0.15, -0.1) is 11.3 Å². The molecule has 0 amide bonds. The molecule has 0 aliphatic rings. The number of aromatic nitrogens is 2. The molecule has 0 unspecified atom stereocenters. The Hall–Kier alpha value is -1.20. The van der Waals surface area contributed by atoms with Crippen LogP contribution in [0.3, 0.4) is 0 Å². The molecule has 3 nitrogen and oxygen atoms in total. The molecule has 0 saturated heterocycles. The third-order valence-corrected chi connectivity index (χ3v) is 3.66. The number of hydrogen-bond donors (Lipinski definition) is 0. The minimum Gasteiger partial charge on any atom is -0.288 e. The topological polar surface area (TPSA) is 34.9 Å². The predicted octanol–water partition coefficient (Wildman–Crippen LogP) is 3.14. The second-order valence-electron chi connectivity index (χ2n) is 3.24. The van der Waals surface area contributed by atoms with E-state index in [-0.39, 0.29) is 5.78 Å². The van der Waals surface area contributed by atoms with Crippen molar-refractivity contribution in [1.82, 2.24) is 9.78 Å². The molecule has 5 heteroatoms. The molecular weight excluding hydrogens is 288 g/mol. The van der Waals surface area contributed by atoms with Crippen molar-refractivity contribution in [2.24, 2.45) is 7.05 Å². The van der Waals surface area contributed by atoms with E-state index >= 15 is 0 Å². The van der Waals surface area contributed by atoms with Crippen LogP contribution < -0.4 is 0 Å². The molecule has 0 aliphatic heterocycles. The zero-order valence-corrected chi connectivity index (χ0v) is 11.0. The zero-order valence-electron chi connectivity index (χ0n) is 8.55. The van der Waals surface area contributed by atoms with E-state index in [0.29, 0.717) is 0 Å². The molecule has 0 N–H and O–H groups in total. The van der Waals surface area contributed by atoms with E-state index in [0.717, 1.165) is 15.0 Å². The lowest BCUT2D eigenvalue weighted by Gasteiger charge is -1.87. The van der Waals surface area contributed by atoms with E-state index in [9.17, 15) is 4.79 Å². The fourth-order valence-electron chi connectivity index (χ4n) is 1.21. The number of allylic oxidation sites excluding steroid dienone is 1. The summed E-state index contributed by atoms with van der Waals surface area (Å²) in [6, 6.07) is 3.67. The van der Waals surface area contributed by atoms with Crippen molar-refractivity contribution >= 4 is 39.1 Å². The van der Waals surface area contributed by atoms with Crippen LogP contribution in [0.1, 0.15) is 15.4 Å². The molecule has 2 heterocycles. The van der Waals surface area contributed by atoms with Gasteiger partial charge in [0.1, 0.15) is 0 Å². The molecule has 0 aromatic carbocycles. The highest BCUT2D eigenvalue weighted by molar-refractivity contribution is 9.10. The first-order chi connectivity index (χ1) is 7.65. The van der Waals surface area contributed by atoms with Gasteiger partial charge >= 0.3 is 0 Å². The van der Waals surface area contributed by atoms with Crippen molar-refractivity contribution in [1.29, 1.82) is 0 Å². The first-order valence-electron chi connectivity index (χ1n) is 4.61. The molecule has 0 radical (unpaired) electrons. The minimum atomic E-state index is 0.00125. The summed E-state index contributed by atoms with van der Waals surface area (Å²) in [4.78, 5) is 12.4. The van der Waals surface area contributed by atoms with E-state index in [1.807, 2.05) is 30.8 Å². The van der Waals surface area contributed by atoms with Crippen LogP contribution in [0, 0.1) is 0 Å². The van der Waals surface area contributed by atoms with Crippen LogP contribution in [0.5, 0.6) is 0 Å². The van der Waals surface area contributed by atoms with Gasteiger partial charge in [-0.05, 0) is 40.2 Å². The van der Waals surface area contributed by atoms with Crippen LogP contribution in [-0.4, -0.2) is 15.6 Å². The highest BCUT2D eigenvalue weighted by atomic mass is 79.9. The summed E-state index contributed by atoms with van der Waals surface area (Å²) in [6.45, 7) is 0. The molecule has 2 rings (SSSR count). The van der Waals surface area contributed by atoms with Crippen molar-refractivity contribution < 1.29 is 4.79 Å². The molecule has 0 spiro atoms. The Morgan fingerprint density at radius 1 is 1.62 bits per heavy atom. The average Bonchev–Trinajstić information content (AvgIpc) is 2.84. The summed E-state index contributed by atoms with van der Waals surface area (Å²) in [5, 5.41) is 6.04. The van der Waals surface area contributed by atoms with Crippen LogP contribution in [0.2, 0.25) is 0 Å². The Kier molecular flexibility index (Phi) is 3.36. The lowest BCUT2D eigenvalue weighted by molar-refractivity contribution is 0.105. The maximum atomic E-state index is 11.7. The maximum Gasteiger partial charge on any atom is 0.195 e. The van der Waals surface area contributed by atoms with Crippen molar-refractivity contribution in [2.75, 3.05) is 0 Å². The smallest absolute Gasteiger partial charge is 0.195 e. The van der Waals surface area contributed by atoms with Gasteiger partial charge in [0.25, 0.3) is 0 Å². The summed E-state index contributed by atoms with van der Waals surface area (Å²) < 4.78 is 2.64. The van der Waals surface area contributed by atoms with Crippen molar-refractivity contribution in [3.8, 4) is 0 Å². The average molecular weight is 297 g/mol. The monoisotopic (exact) mass is 296 g/mol. The molecule has 0 fully saturated rings. The van der Waals surface area contributed by atoms with Gasteiger partial charge in [0.15, 0.2) is 5.78 Å². The van der Waals surface area contributed by atoms with Crippen LogP contribution in [0.15, 0.2) is 34.3 Å². The van der Waals surface area contributed by atoms with E-state index in [1.54, 1.807) is 16.8 Å². The van der Waals surface area contributed by atoms with Gasteiger partial charge in [0.05, 0.1) is 10.6 Å². The van der Waals surface area contributed by atoms with Gasteiger partial charge in [-0.1, -0.05) is 0 Å². The number of carbonyl (C=O) groups excluding carboxylic acids is 1. The second-order valence-corrected chi connectivity index (χ2v) is 5.07. The minimum absolute atomic E-state index is 0.00125. The van der Waals surface area contributed by atoms with E-state index in [4.69, 9.17) is 0 Å². The van der Waals surface area contributed by atoms with Crippen molar-refractivity contribution in [3.05, 3.63) is 44.8 Å². The van der Waals surface area contributed by atoms with Crippen LogP contribution in [0.4, 0.5) is 0 Å². The van der Waals surface area contributed by atoms with E-state index in [2.05, 4.69) is 21.0 Å². The van der Waals surface area contributed by atoms with Crippen molar-refractivity contribution in [2.45, 2.75) is 0 Å². The number of rotatable bonds is 3. The third kappa shape index (κ3) is 2.68. The largest absolute Gasteiger partial charge is 0.288 e. The lowest BCUT2D eigenvalue weighted by atomic mass is 10.3. The predicted molar refractivity (Wildman–Crippen MR) is 68.6 cm³/mol. The second kappa shape index (κ2) is 4.76. The number of thiophene rings is 1. The highest BCUT2D eigenvalue weighted by Crippen LogP contribution is 2.20. The summed E-state index contributed by atoms with van der Waals surface area (Å²) in [6.07, 6.45) is 5.10. The van der Waals surface area contributed by atoms with Crippen LogP contribution >= 0.6 is 27.3 Å². The molecule has 0 atom stereocenters. The molecule has 0 bridgehead atoms. The number of ketones is 1.